The maximum atomic E-state index is 13.2. The molecule has 0 aliphatic carbocycles. The van der Waals surface area contributed by atoms with E-state index in [4.69, 9.17) is 19.6 Å². The van der Waals surface area contributed by atoms with E-state index >= 15 is 0 Å². The van der Waals surface area contributed by atoms with E-state index in [0.29, 0.717) is 38.2 Å². The van der Waals surface area contributed by atoms with Crippen molar-refractivity contribution in [1.29, 1.82) is 0 Å². The number of nitrogens with two attached hydrogens (primary N) is 1. The molecule has 8 nitrogen and oxygen atoms in total. The second-order valence-electron chi connectivity index (χ2n) is 6.96. The van der Waals surface area contributed by atoms with Crippen molar-refractivity contribution in [2.24, 2.45) is 0 Å². The van der Waals surface area contributed by atoms with E-state index in [0.717, 1.165) is 0 Å². The zero-order valence-electron chi connectivity index (χ0n) is 16.3. The molecule has 4 aromatic rings. The Balaban J connectivity index is 1.58. The molecule has 31 heavy (non-hydrogen) atoms. The Kier molecular flexibility index (Phi) is 4.59. The minimum Gasteiger partial charge on any atom is -0.497 e. The lowest BCUT2D eigenvalue weighted by Crippen LogP contribution is -2.35. The van der Waals surface area contributed by atoms with Gasteiger partial charge in [-0.1, -0.05) is 12.1 Å². The zero-order chi connectivity index (χ0) is 21.5. The largest absolute Gasteiger partial charge is 0.497 e. The number of aromatic nitrogens is 1. The molecule has 0 saturated carbocycles. The molecule has 1 amide bonds. The molecule has 2 aromatic carbocycles. The molecule has 3 heterocycles. The number of hydrogen-bond donors (Lipinski definition) is 2. The van der Waals surface area contributed by atoms with Gasteiger partial charge < -0.3 is 24.9 Å². The van der Waals surface area contributed by atoms with Gasteiger partial charge in [-0.25, -0.2) is 9.78 Å². The average Bonchev–Trinajstić information content (AvgIpc) is 3.38. The summed E-state index contributed by atoms with van der Waals surface area (Å²) in [6.45, 7) is 0. The van der Waals surface area contributed by atoms with Crippen LogP contribution in [0.2, 0.25) is 0 Å². The third kappa shape index (κ3) is 3.28. The lowest BCUT2D eigenvalue weighted by Gasteiger charge is -2.17. The van der Waals surface area contributed by atoms with Gasteiger partial charge in [-0.05, 0) is 36.4 Å². The Morgan fingerprint density at radius 3 is 2.68 bits per heavy atom. The Bertz CT molecular complexity index is 1350. The molecule has 0 spiro atoms. The highest BCUT2D eigenvalue weighted by molar-refractivity contribution is 7.15. The van der Waals surface area contributed by atoms with Crippen molar-refractivity contribution in [3.05, 3.63) is 75.6 Å². The quantitative estimate of drug-likeness (QED) is 0.472. The van der Waals surface area contributed by atoms with Crippen LogP contribution in [0.3, 0.4) is 0 Å². The molecular formula is C22H17N3O5S. The van der Waals surface area contributed by atoms with Gasteiger partial charge in [-0.2, -0.15) is 0 Å². The number of ether oxygens (including phenoxy) is 2. The summed E-state index contributed by atoms with van der Waals surface area (Å²) in [4.78, 5) is 30.8. The Morgan fingerprint density at radius 1 is 1.19 bits per heavy atom. The molecule has 2 atom stereocenters. The van der Waals surface area contributed by atoms with E-state index < -0.39 is 23.6 Å². The average molecular weight is 435 g/mol. The SMILES string of the molecule is COc1ccc(NC(=O)[C@@H]2Oc3c(c(=O)oc4ccccc34)[C@@H]2c2cnc(N)s2)cc1. The minimum absolute atomic E-state index is 0.289. The summed E-state index contributed by atoms with van der Waals surface area (Å²) in [6.07, 6.45) is 0.566. The zero-order valence-corrected chi connectivity index (χ0v) is 17.1. The van der Waals surface area contributed by atoms with Gasteiger partial charge in [0.15, 0.2) is 11.2 Å². The first kappa shape index (κ1) is 19.1. The van der Waals surface area contributed by atoms with Crippen LogP contribution < -0.4 is 26.1 Å². The highest BCUT2D eigenvalue weighted by atomic mass is 32.1. The van der Waals surface area contributed by atoms with E-state index in [-0.39, 0.29) is 5.56 Å². The molecule has 3 N–H and O–H groups in total. The van der Waals surface area contributed by atoms with Crippen LogP contribution in [0.25, 0.3) is 11.0 Å². The minimum atomic E-state index is -0.995. The van der Waals surface area contributed by atoms with Gasteiger partial charge >= 0.3 is 5.63 Å². The first-order chi connectivity index (χ1) is 15.0. The predicted molar refractivity (Wildman–Crippen MR) is 117 cm³/mol. The van der Waals surface area contributed by atoms with Gasteiger partial charge in [0, 0.05) is 16.8 Å². The lowest BCUT2D eigenvalue weighted by molar-refractivity contribution is -0.122. The van der Waals surface area contributed by atoms with Crippen LogP contribution in [0.1, 0.15) is 16.4 Å². The number of carbonyl (C=O) groups is 1. The molecule has 2 aromatic heterocycles. The molecule has 0 fully saturated rings. The number of para-hydroxylation sites is 1. The smallest absolute Gasteiger partial charge is 0.344 e. The molecule has 0 bridgehead atoms. The van der Waals surface area contributed by atoms with Crippen molar-refractivity contribution in [3.8, 4) is 11.5 Å². The van der Waals surface area contributed by atoms with Crippen LogP contribution in [-0.4, -0.2) is 24.1 Å². The first-order valence-electron chi connectivity index (χ1n) is 9.43. The number of rotatable bonds is 4. The number of benzene rings is 2. The Hall–Kier alpha value is -3.85. The number of nitrogens with one attached hydrogen (secondary N) is 1. The molecule has 9 heteroatoms. The predicted octanol–water partition coefficient (Wildman–Crippen LogP) is 3.37. The van der Waals surface area contributed by atoms with E-state index in [1.807, 2.05) is 6.07 Å². The van der Waals surface area contributed by atoms with Gasteiger partial charge in [0.05, 0.1) is 24.0 Å². The summed E-state index contributed by atoms with van der Waals surface area (Å²) < 4.78 is 16.8. The maximum absolute atomic E-state index is 13.2. The third-order valence-corrected chi connectivity index (χ3v) is 6.03. The molecule has 5 rings (SSSR count). The Labute approximate surface area is 180 Å². The number of methoxy groups -OCH3 is 1. The van der Waals surface area contributed by atoms with Gasteiger partial charge in [0.2, 0.25) is 0 Å². The number of nitrogens with zero attached hydrogens (tertiary/aromatic N) is 1. The van der Waals surface area contributed by atoms with E-state index in [9.17, 15) is 9.59 Å². The molecule has 156 valence electrons. The highest BCUT2D eigenvalue weighted by Gasteiger charge is 2.45. The van der Waals surface area contributed by atoms with Crippen molar-refractivity contribution in [2.45, 2.75) is 12.0 Å². The van der Waals surface area contributed by atoms with Gasteiger partial charge in [-0.15, -0.1) is 11.3 Å². The fraction of sp³-hybridized carbons (Fsp3) is 0.136. The molecule has 0 saturated heterocycles. The molecular weight excluding hydrogens is 418 g/mol. The standard InChI is InChI=1S/C22H17N3O5S/c1-28-12-8-6-11(7-9-12)25-20(26)19-16(15-10-24-22(23)31-15)17-18(30-19)13-4-2-3-5-14(13)29-21(17)27/h2-10,16,19H,1H3,(H2,23,24)(H,25,26)/t16-,19+/m0/s1. The van der Waals surface area contributed by atoms with Crippen LogP contribution in [-0.2, 0) is 4.79 Å². The van der Waals surface area contributed by atoms with E-state index in [2.05, 4.69) is 10.3 Å². The van der Waals surface area contributed by atoms with E-state index in [1.54, 1.807) is 55.8 Å². The summed E-state index contributed by atoms with van der Waals surface area (Å²) in [7, 11) is 1.57. The number of fused-ring (bicyclic) bond motifs is 3. The van der Waals surface area contributed by atoms with Crippen molar-refractivity contribution in [3.63, 3.8) is 0 Å². The second-order valence-corrected chi connectivity index (χ2v) is 8.06. The molecule has 0 unspecified atom stereocenters. The van der Waals surface area contributed by atoms with Crippen LogP contribution in [0, 0.1) is 0 Å². The number of thiazole rings is 1. The second kappa shape index (κ2) is 7.44. The number of hydrogen-bond acceptors (Lipinski definition) is 8. The number of carbonyl (C=O) groups excluding carboxylic acids is 1. The van der Waals surface area contributed by atoms with Crippen molar-refractivity contribution in [1.82, 2.24) is 4.98 Å². The van der Waals surface area contributed by atoms with Crippen molar-refractivity contribution >= 4 is 39.0 Å². The summed E-state index contributed by atoms with van der Waals surface area (Å²) >= 11 is 1.20. The van der Waals surface area contributed by atoms with Crippen LogP contribution in [0.5, 0.6) is 11.5 Å². The number of amides is 1. The number of nitrogen functional groups attached to an aromatic ring is 1. The third-order valence-electron chi connectivity index (χ3n) is 5.12. The van der Waals surface area contributed by atoms with Crippen LogP contribution in [0.15, 0.2) is 63.9 Å². The van der Waals surface area contributed by atoms with Gasteiger partial charge in [0.25, 0.3) is 5.91 Å². The fourth-order valence-corrected chi connectivity index (χ4v) is 4.53. The number of anilines is 2. The van der Waals surface area contributed by atoms with Crippen LogP contribution >= 0.6 is 11.3 Å². The first-order valence-corrected chi connectivity index (χ1v) is 10.3. The van der Waals surface area contributed by atoms with E-state index in [1.165, 1.54) is 11.3 Å². The summed E-state index contributed by atoms with van der Waals surface area (Å²) in [6, 6.07) is 14.0. The molecule has 1 aliphatic rings. The van der Waals surface area contributed by atoms with Gasteiger partial charge in [-0.3, -0.25) is 4.79 Å². The van der Waals surface area contributed by atoms with Gasteiger partial charge in [0.1, 0.15) is 17.1 Å². The van der Waals surface area contributed by atoms with Crippen LogP contribution in [0.4, 0.5) is 10.8 Å². The van der Waals surface area contributed by atoms with Crippen molar-refractivity contribution < 1.29 is 18.7 Å². The Morgan fingerprint density at radius 2 is 1.97 bits per heavy atom. The molecule has 1 aliphatic heterocycles. The maximum Gasteiger partial charge on any atom is 0.344 e. The summed E-state index contributed by atoms with van der Waals surface area (Å²) in [5, 5.41) is 3.81. The lowest BCUT2D eigenvalue weighted by atomic mass is 9.94. The topological polar surface area (TPSA) is 117 Å². The normalized spacial score (nSPS) is 17.2. The highest BCUT2D eigenvalue weighted by Crippen LogP contribution is 2.46. The molecule has 0 radical (unpaired) electrons. The summed E-state index contributed by atoms with van der Waals surface area (Å²) in [5.41, 5.74) is 6.53. The van der Waals surface area contributed by atoms with Crippen molar-refractivity contribution in [2.75, 3.05) is 18.2 Å². The summed E-state index contributed by atoms with van der Waals surface area (Å²) in [5.74, 6) is -0.0750. The fourth-order valence-electron chi connectivity index (χ4n) is 3.71. The monoisotopic (exact) mass is 435 g/mol.